The van der Waals surface area contributed by atoms with Crippen molar-refractivity contribution in [2.75, 3.05) is 11.9 Å². The Morgan fingerprint density at radius 3 is 2.54 bits per heavy atom. The van der Waals surface area contributed by atoms with Gasteiger partial charge in [0.05, 0.1) is 23.1 Å². The largest absolute Gasteiger partial charge is 0.450 e. The van der Waals surface area contributed by atoms with E-state index in [4.69, 9.17) is 4.74 Å². The molecule has 0 saturated heterocycles. The third-order valence-corrected chi connectivity index (χ3v) is 3.15. The molecule has 0 bridgehead atoms. The predicted molar refractivity (Wildman–Crippen MR) is 87.7 cm³/mol. The fourth-order valence-corrected chi connectivity index (χ4v) is 2.03. The monoisotopic (exact) mass is 365 g/mol. The van der Waals surface area contributed by atoms with Crippen molar-refractivity contribution in [1.82, 2.24) is 0 Å². The summed E-state index contributed by atoms with van der Waals surface area (Å²) in [5, 5.41) is 2.75. The van der Waals surface area contributed by atoms with Gasteiger partial charge in [0.25, 0.3) is 0 Å². The van der Waals surface area contributed by atoms with Crippen LogP contribution in [0.3, 0.4) is 0 Å². The maximum Gasteiger partial charge on any atom is 0.416 e. The Labute approximate surface area is 147 Å². The van der Waals surface area contributed by atoms with Crippen molar-refractivity contribution in [3.8, 4) is 0 Å². The number of esters is 2. The minimum Gasteiger partial charge on any atom is -0.450 e. The average Bonchev–Trinajstić information content (AvgIpc) is 2.60. The second-order valence-corrected chi connectivity index (χ2v) is 4.98. The van der Waals surface area contributed by atoms with Gasteiger partial charge in [-0.2, -0.15) is 13.2 Å². The van der Waals surface area contributed by atoms with Crippen LogP contribution in [0.5, 0.6) is 0 Å². The summed E-state index contributed by atoms with van der Waals surface area (Å²) >= 11 is 0. The highest BCUT2D eigenvalue weighted by Gasteiger charge is 2.30. The molecule has 8 heteroatoms. The highest BCUT2D eigenvalue weighted by atomic mass is 19.4. The number of anilines is 2. The second kappa shape index (κ2) is 8.19. The number of alkyl halides is 3. The Kier molecular flexibility index (Phi) is 6.00. The van der Waals surface area contributed by atoms with E-state index >= 15 is 0 Å². The van der Waals surface area contributed by atoms with Gasteiger partial charge >= 0.3 is 18.1 Å². The Morgan fingerprint density at radius 2 is 1.85 bits per heavy atom. The molecule has 0 spiro atoms. The molecule has 0 radical (unpaired) electrons. The van der Waals surface area contributed by atoms with E-state index in [1.807, 2.05) is 0 Å². The molecule has 2 aromatic rings. The first kappa shape index (κ1) is 19.0. The second-order valence-electron chi connectivity index (χ2n) is 4.98. The van der Waals surface area contributed by atoms with Gasteiger partial charge in [0, 0.05) is 5.69 Å². The molecule has 2 rings (SSSR count). The SMILES string of the molecule is C=COC(=O)COC(=O)c1ccccc1Nc1cccc(C(F)(F)F)c1. The number of rotatable bonds is 6. The van der Waals surface area contributed by atoms with Gasteiger partial charge in [-0.15, -0.1) is 0 Å². The fourth-order valence-electron chi connectivity index (χ4n) is 2.03. The molecular formula is C18H14F3NO4. The van der Waals surface area contributed by atoms with Crippen molar-refractivity contribution in [2.45, 2.75) is 6.18 Å². The van der Waals surface area contributed by atoms with Crippen LogP contribution in [0.1, 0.15) is 15.9 Å². The fraction of sp³-hybridized carbons (Fsp3) is 0.111. The van der Waals surface area contributed by atoms with Gasteiger partial charge in [-0.25, -0.2) is 9.59 Å². The van der Waals surface area contributed by atoms with Crippen molar-refractivity contribution in [2.24, 2.45) is 0 Å². The zero-order valence-corrected chi connectivity index (χ0v) is 13.4. The van der Waals surface area contributed by atoms with Crippen LogP contribution in [-0.2, 0) is 20.4 Å². The number of hydrogen-bond donors (Lipinski definition) is 1. The summed E-state index contributed by atoms with van der Waals surface area (Å²) in [6.07, 6.45) is -3.58. The zero-order chi connectivity index (χ0) is 19.2. The molecule has 0 unspecified atom stereocenters. The first-order chi connectivity index (χ1) is 12.3. The van der Waals surface area contributed by atoms with Crippen LogP contribution in [0, 0.1) is 0 Å². The summed E-state index contributed by atoms with van der Waals surface area (Å²) in [6, 6.07) is 10.6. The molecule has 1 N–H and O–H groups in total. The molecule has 0 aliphatic heterocycles. The lowest BCUT2D eigenvalue weighted by Crippen LogP contribution is -2.15. The van der Waals surface area contributed by atoms with Gasteiger partial charge in [0.2, 0.25) is 0 Å². The van der Waals surface area contributed by atoms with Crippen molar-refractivity contribution in [3.05, 3.63) is 72.5 Å². The highest BCUT2D eigenvalue weighted by molar-refractivity contribution is 5.97. The number of halogens is 3. The maximum atomic E-state index is 12.8. The van der Waals surface area contributed by atoms with Gasteiger partial charge in [0.15, 0.2) is 6.61 Å². The number of carbonyl (C=O) groups is 2. The highest BCUT2D eigenvalue weighted by Crippen LogP contribution is 2.31. The molecule has 136 valence electrons. The van der Waals surface area contributed by atoms with Crippen molar-refractivity contribution in [3.63, 3.8) is 0 Å². The quantitative estimate of drug-likeness (QED) is 0.611. The normalized spacial score (nSPS) is 10.7. The van der Waals surface area contributed by atoms with Crippen LogP contribution in [0.25, 0.3) is 0 Å². The van der Waals surface area contributed by atoms with Gasteiger partial charge < -0.3 is 14.8 Å². The number of hydrogen-bond acceptors (Lipinski definition) is 5. The molecular weight excluding hydrogens is 351 g/mol. The van der Waals surface area contributed by atoms with Crippen LogP contribution in [0.4, 0.5) is 24.5 Å². The minimum atomic E-state index is -4.48. The van der Waals surface area contributed by atoms with E-state index < -0.39 is 30.3 Å². The molecule has 0 aromatic heterocycles. The summed E-state index contributed by atoms with van der Waals surface area (Å²) in [4.78, 5) is 23.3. The summed E-state index contributed by atoms with van der Waals surface area (Å²) in [5.41, 5.74) is -0.397. The number of ether oxygens (including phenoxy) is 2. The van der Waals surface area contributed by atoms with Crippen molar-refractivity contribution in [1.29, 1.82) is 0 Å². The van der Waals surface area contributed by atoms with E-state index in [9.17, 15) is 22.8 Å². The van der Waals surface area contributed by atoms with Gasteiger partial charge in [-0.05, 0) is 30.3 Å². The molecule has 2 aromatic carbocycles. The van der Waals surface area contributed by atoms with Crippen molar-refractivity contribution < 1.29 is 32.2 Å². The van der Waals surface area contributed by atoms with Crippen LogP contribution in [0.2, 0.25) is 0 Å². The van der Waals surface area contributed by atoms with Crippen molar-refractivity contribution >= 4 is 23.3 Å². The third kappa shape index (κ3) is 5.10. The lowest BCUT2D eigenvalue weighted by atomic mass is 10.1. The first-order valence-electron chi connectivity index (χ1n) is 7.32. The average molecular weight is 365 g/mol. The number of benzene rings is 2. The molecule has 0 fully saturated rings. The lowest BCUT2D eigenvalue weighted by Gasteiger charge is -2.13. The van der Waals surface area contributed by atoms with Crippen LogP contribution in [0.15, 0.2) is 61.4 Å². The third-order valence-electron chi connectivity index (χ3n) is 3.15. The van der Waals surface area contributed by atoms with E-state index in [1.54, 1.807) is 12.1 Å². The topological polar surface area (TPSA) is 64.6 Å². The lowest BCUT2D eigenvalue weighted by molar-refractivity contribution is -0.141. The van der Waals surface area contributed by atoms with Crippen LogP contribution < -0.4 is 5.32 Å². The molecule has 0 amide bonds. The Hall–Kier alpha value is -3.29. The molecule has 5 nitrogen and oxygen atoms in total. The molecule has 0 atom stereocenters. The predicted octanol–water partition coefficient (Wildman–Crippen LogP) is 4.29. The summed E-state index contributed by atoms with van der Waals surface area (Å²) in [6.45, 7) is 2.58. The van der Waals surface area contributed by atoms with Gasteiger partial charge in [0.1, 0.15) is 0 Å². The maximum absolute atomic E-state index is 12.8. The molecule has 0 aliphatic carbocycles. The van der Waals surface area contributed by atoms with E-state index in [-0.39, 0.29) is 16.9 Å². The standard InChI is InChI=1S/C18H14F3NO4/c1-2-25-16(23)11-26-17(24)14-8-3-4-9-15(14)22-13-7-5-6-12(10-13)18(19,20)21/h2-10,22H,1,11H2. The zero-order valence-electron chi connectivity index (χ0n) is 13.4. The van der Waals surface area contributed by atoms with Gasteiger partial charge in [-0.3, -0.25) is 0 Å². The molecule has 0 aliphatic rings. The van der Waals surface area contributed by atoms with Crippen LogP contribution >= 0.6 is 0 Å². The molecule has 26 heavy (non-hydrogen) atoms. The smallest absolute Gasteiger partial charge is 0.416 e. The Bertz CT molecular complexity index is 818. The van der Waals surface area contributed by atoms with E-state index in [2.05, 4.69) is 16.6 Å². The number of para-hydroxylation sites is 1. The summed E-state index contributed by atoms with van der Waals surface area (Å²) < 4.78 is 47.6. The molecule has 0 heterocycles. The summed E-state index contributed by atoms with van der Waals surface area (Å²) in [5.74, 6) is -1.64. The van der Waals surface area contributed by atoms with E-state index in [1.165, 1.54) is 24.3 Å². The van der Waals surface area contributed by atoms with E-state index in [0.29, 0.717) is 0 Å². The number of carbonyl (C=O) groups excluding carboxylic acids is 2. The first-order valence-corrected chi connectivity index (χ1v) is 7.32. The van der Waals surface area contributed by atoms with Crippen LogP contribution in [-0.4, -0.2) is 18.5 Å². The number of nitrogens with one attached hydrogen (secondary N) is 1. The minimum absolute atomic E-state index is 0.0521. The summed E-state index contributed by atoms with van der Waals surface area (Å²) in [7, 11) is 0. The van der Waals surface area contributed by atoms with Gasteiger partial charge in [-0.1, -0.05) is 24.8 Å². The molecule has 0 saturated carbocycles. The van der Waals surface area contributed by atoms with E-state index in [0.717, 1.165) is 18.4 Å². The Morgan fingerprint density at radius 1 is 1.12 bits per heavy atom. The Balaban J connectivity index is 2.18.